The van der Waals surface area contributed by atoms with Gasteiger partial charge in [0.05, 0.1) is 17.1 Å². The van der Waals surface area contributed by atoms with Crippen molar-refractivity contribution in [1.82, 2.24) is 14.9 Å². The van der Waals surface area contributed by atoms with E-state index in [1.165, 1.54) is 0 Å². The van der Waals surface area contributed by atoms with E-state index in [-0.39, 0.29) is 11.9 Å². The fourth-order valence-electron chi connectivity index (χ4n) is 2.39. The summed E-state index contributed by atoms with van der Waals surface area (Å²) in [5, 5.41) is 6.68. The molecule has 0 spiro atoms. The first-order chi connectivity index (χ1) is 9.15. The summed E-state index contributed by atoms with van der Waals surface area (Å²) in [5.41, 5.74) is 1.73. The Labute approximate surface area is 116 Å². The minimum Gasteiger partial charge on any atom is -0.313 e. The topological polar surface area (TPSA) is 59.0 Å². The lowest BCUT2D eigenvalue weighted by molar-refractivity contribution is -0.117. The SMILES string of the molecule is Cn1c(NC(=O)C2CCCN2)nc2cc(Cl)ccc21. The van der Waals surface area contributed by atoms with E-state index in [0.29, 0.717) is 11.0 Å². The highest BCUT2D eigenvalue weighted by molar-refractivity contribution is 6.31. The van der Waals surface area contributed by atoms with E-state index < -0.39 is 0 Å². The van der Waals surface area contributed by atoms with E-state index in [1.807, 2.05) is 23.7 Å². The fraction of sp³-hybridized carbons (Fsp3) is 0.385. The highest BCUT2D eigenvalue weighted by Crippen LogP contribution is 2.22. The molecule has 2 aromatic rings. The van der Waals surface area contributed by atoms with E-state index >= 15 is 0 Å². The van der Waals surface area contributed by atoms with Gasteiger partial charge in [-0.3, -0.25) is 10.1 Å². The van der Waals surface area contributed by atoms with Crippen molar-refractivity contribution in [3.63, 3.8) is 0 Å². The van der Waals surface area contributed by atoms with Gasteiger partial charge in [-0.2, -0.15) is 0 Å². The minimum atomic E-state index is -0.108. The summed E-state index contributed by atoms with van der Waals surface area (Å²) in [6, 6.07) is 5.40. The van der Waals surface area contributed by atoms with Crippen LogP contribution < -0.4 is 10.6 Å². The van der Waals surface area contributed by atoms with Crippen LogP contribution in [0.1, 0.15) is 12.8 Å². The van der Waals surface area contributed by atoms with Crippen LogP contribution in [0.5, 0.6) is 0 Å². The number of fused-ring (bicyclic) bond motifs is 1. The third-order valence-electron chi connectivity index (χ3n) is 3.45. The third-order valence-corrected chi connectivity index (χ3v) is 3.69. The Morgan fingerprint density at radius 3 is 3.16 bits per heavy atom. The Balaban J connectivity index is 1.88. The van der Waals surface area contributed by atoms with E-state index in [1.54, 1.807) is 6.07 Å². The molecule has 1 aromatic carbocycles. The largest absolute Gasteiger partial charge is 0.313 e. The van der Waals surface area contributed by atoms with Crippen LogP contribution in [-0.4, -0.2) is 28.0 Å². The van der Waals surface area contributed by atoms with Gasteiger partial charge in [-0.15, -0.1) is 0 Å². The molecule has 2 N–H and O–H groups in total. The van der Waals surface area contributed by atoms with Gasteiger partial charge in [0.1, 0.15) is 0 Å². The molecule has 0 bridgehead atoms. The number of anilines is 1. The average molecular weight is 279 g/mol. The fourth-order valence-corrected chi connectivity index (χ4v) is 2.56. The van der Waals surface area contributed by atoms with Crippen molar-refractivity contribution in [3.8, 4) is 0 Å². The second kappa shape index (κ2) is 4.83. The molecule has 5 nitrogen and oxygen atoms in total. The number of hydrogen-bond donors (Lipinski definition) is 2. The Hall–Kier alpha value is -1.59. The maximum atomic E-state index is 12.1. The molecule has 1 saturated heterocycles. The molecule has 1 fully saturated rings. The summed E-state index contributed by atoms with van der Waals surface area (Å²) in [6.45, 7) is 0.899. The summed E-state index contributed by atoms with van der Waals surface area (Å²) in [6.07, 6.45) is 1.91. The first-order valence-corrected chi connectivity index (χ1v) is 6.69. The molecule has 1 unspecified atom stereocenters. The van der Waals surface area contributed by atoms with Gasteiger partial charge >= 0.3 is 0 Å². The van der Waals surface area contributed by atoms with Crippen LogP contribution >= 0.6 is 11.6 Å². The van der Waals surface area contributed by atoms with Crippen LogP contribution in [0.3, 0.4) is 0 Å². The van der Waals surface area contributed by atoms with Crippen molar-refractivity contribution < 1.29 is 4.79 Å². The number of aryl methyl sites for hydroxylation is 1. The predicted molar refractivity (Wildman–Crippen MR) is 75.4 cm³/mol. The van der Waals surface area contributed by atoms with Crippen molar-refractivity contribution in [2.24, 2.45) is 7.05 Å². The van der Waals surface area contributed by atoms with Crippen LogP contribution in [0.15, 0.2) is 18.2 Å². The number of aromatic nitrogens is 2. The number of rotatable bonds is 2. The molecule has 19 heavy (non-hydrogen) atoms. The van der Waals surface area contributed by atoms with E-state index in [2.05, 4.69) is 15.6 Å². The smallest absolute Gasteiger partial charge is 0.243 e. The summed E-state index contributed by atoms with van der Waals surface area (Å²) in [5.74, 6) is 0.526. The first kappa shape index (κ1) is 12.4. The van der Waals surface area contributed by atoms with Gasteiger partial charge in [0, 0.05) is 12.1 Å². The number of nitrogens with one attached hydrogen (secondary N) is 2. The minimum absolute atomic E-state index is 0.0259. The number of carbonyl (C=O) groups is 1. The molecule has 2 heterocycles. The second-order valence-electron chi connectivity index (χ2n) is 4.77. The zero-order valence-corrected chi connectivity index (χ0v) is 11.4. The lowest BCUT2D eigenvalue weighted by Crippen LogP contribution is -2.36. The molecule has 0 saturated carbocycles. The third kappa shape index (κ3) is 2.31. The van der Waals surface area contributed by atoms with Crippen molar-refractivity contribution in [2.45, 2.75) is 18.9 Å². The van der Waals surface area contributed by atoms with Crippen LogP contribution in [0.4, 0.5) is 5.95 Å². The predicted octanol–water partition coefficient (Wildman–Crippen LogP) is 1.92. The number of benzene rings is 1. The molecule has 0 radical (unpaired) electrons. The zero-order chi connectivity index (χ0) is 13.4. The molecular weight excluding hydrogens is 264 g/mol. The van der Waals surface area contributed by atoms with E-state index in [9.17, 15) is 4.79 Å². The Kier molecular flexibility index (Phi) is 3.16. The molecule has 6 heteroatoms. The number of hydrogen-bond acceptors (Lipinski definition) is 3. The molecule has 1 aromatic heterocycles. The Bertz CT molecular complexity index is 631. The maximum absolute atomic E-state index is 12.1. The van der Waals surface area contributed by atoms with Crippen LogP contribution in [0.25, 0.3) is 11.0 Å². The normalized spacial score (nSPS) is 18.9. The molecule has 0 aliphatic carbocycles. The van der Waals surface area contributed by atoms with Crippen molar-refractivity contribution in [1.29, 1.82) is 0 Å². The van der Waals surface area contributed by atoms with Gasteiger partial charge in [0.15, 0.2) is 0 Å². The quantitative estimate of drug-likeness (QED) is 0.882. The monoisotopic (exact) mass is 278 g/mol. The van der Waals surface area contributed by atoms with E-state index in [0.717, 1.165) is 30.4 Å². The van der Waals surface area contributed by atoms with Crippen molar-refractivity contribution >= 4 is 34.5 Å². The Morgan fingerprint density at radius 2 is 2.42 bits per heavy atom. The summed E-state index contributed by atoms with van der Waals surface area (Å²) >= 11 is 5.94. The van der Waals surface area contributed by atoms with Gasteiger partial charge in [-0.05, 0) is 37.6 Å². The number of carbonyl (C=O) groups excluding carboxylic acids is 1. The lowest BCUT2D eigenvalue weighted by Gasteiger charge is -2.10. The molecule has 1 amide bonds. The zero-order valence-electron chi connectivity index (χ0n) is 10.6. The summed E-state index contributed by atoms with van der Waals surface area (Å²) in [7, 11) is 1.88. The van der Waals surface area contributed by atoms with Gasteiger partial charge < -0.3 is 9.88 Å². The van der Waals surface area contributed by atoms with Gasteiger partial charge in [-0.25, -0.2) is 4.98 Å². The Morgan fingerprint density at radius 1 is 1.58 bits per heavy atom. The first-order valence-electron chi connectivity index (χ1n) is 6.31. The van der Waals surface area contributed by atoms with Gasteiger partial charge in [0.2, 0.25) is 11.9 Å². The van der Waals surface area contributed by atoms with Crippen LogP contribution in [0.2, 0.25) is 5.02 Å². The van der Waals surface area contributed by atoms with Gasteiger partial charge in [0.25, 0.3) is 0 Å². The molecule has 1 aliphatic rings. The number of halogens is 1. The van der Waals surface area contributed by atoms with Crippen molar-refractivity contribution in [2.75, 3.05) is 11.9 Å². The maximum Gasteiger partial charge on any atom is 0.243 e. The highest BCUT2D eigenvalue weighted by atomic mass is 35.5. The van der Waals surface area contributed by atoms with Crippen LogP contribution in [0, 0.1) is 0 Å². The number of amides is 1. The molecule has 3 rings (SSSR count). The van der Waals surface area contributed by atoms with E-state index in [4.69, 9.17) is 11.6 Å². The highest BCUT2D eigenvalue weighted by Gasteiger charge is 2.23. The van der Waals surface area contributed by atoms with Gasteiger partial charge in [-0.1, -0.05) is 11.6 Å². The molecule has 1 atom stereocenters. The van der Waals surface area contributed by atoms with Crippen LogP contribution in [-0.2, 0) is 11.8 Å². The molecular formula is C13H15ClN4O. The van der Waals surface area contributed by atoms with Crippen molar-refractivity contribution in [3.05, 3.63) is 23.2 Å². The number of imidazole rings is 1. The number of nitrogens with zero attached hydrogens (tertiary/aromatic N) is 2. The molecule has 1 aliphatic heterocycles. The molecule has 100 valence electrons. The lowest BCUT2D eigenvalue weighted by atomic mass is 10.2. The summed E-state index contributed by atoms with van der Waals surface area (Å²) < 4.78 is 1.86. The summed E-state index contributed by atoms with van der Waals surface area (Å²) in [4.78, 5) is 16.5. The average Bonchev–Trinajstić information content (AvgIpc) is 2.99. The second-order valence-corrected chi connectivity index (χ2v) is 5.20. The standard InChI is InChI=1S/C13H15ClN4O/c1-18-11-5-4-8(14)7-10(11)16-13(18)17-12(19)9-3-2-6-15-9/h4-5,7,9,15H,2-3,6H2,1H3,(H,16,17,19).